The van der Waals surface area contributed by atoms with E-state index in [1.54, 1.807) is 0 Å². The molecule has 0 radical (unpaired) electrons. The summed E-state index contributed by atoms with van der Waals surface area (Å²) in [7, 11) is 1.90. The van der Waals surface area contributed by atoms with Gasteiger partial charge in [0.2, 0.25) is 5.91 Å². The van der Waals surface area contributed by atoms with Crippen LogP contribution in [0.1, 0.15) is 23.4 Å². The van der Waals surface area contributed by atoms with E-state index in [4.69, 9.17) is 5.73 Å². The van der Waals surface area contributed by atoms with E-state index in [0.717, 1.165) is 17.9 Å². The third kappa shape index (κ3) is 2.79. The molecule has 0 saturated heterocycles. The number of aromatic nitrogens is 2. The zero-order chi connectivity index (χ0) is 11.4. The van der Waals surface area contributed by atoms with Crippen molar-refractivity contribution in [2.45, 2.75) is 33.4 Å². The molecular formula is C10H18N4O. The predicted molar refractivity (Wildman–Crippen MR) is 58.3 cm³/mol. The van der Waals surface area contributed by atoms with Gasteiger partial charge in [-0.2, -0.15) is 5.10 Å². The number of aryl methyl sites for hydroxylation is 2. The maximum Gasteiger partial charge on any atom is 0.219 e. The van der Waals surface area contributed by atoms with Gasteiger partial charge >= 0.3 is 0 Å². The van der Waals surface area contributed by atoms with Gasteiger partial charge in [0, 0.05) is 30.8 Å². The molecule has 3 N–H and O–H groups in total. The number of nitrogens with one attached hydrogen (secondary N) is 1. The summed E-state index contributed by atoms with van der Waals surface area (Å²) in [4.78, 5) is 10.7. The number of nitrogens with zero attached hydrogens (tertiary/aromatic N) is 2. The van der Waals surface area contributed by atoms with Crippen molar-refractivity contribution in [3.05, 3.63) is 17.0 Å². The van der Waals surface area contributed by atoms with Gasteiger partial charge in [-0.1, -0.05) is 0 Å². The molecule has 0 bridgehead atoms. The standard InChI is InChI=1S/C10H18N4O/c1-7-9(6-12-3)8(2)14(13-7)5-4-10(11)15/h12H,4-6H2,1-3H3,(H2,11,15). The third-order valence-electron chi connectivity index (χ3n) is 2.45. The van der Waals surface area contributed by atoms with Gasteiger partial charge in [0.1, 0.15) is 0 Å². The summed E-state index contributed by atoms with van der Waals surface area (Å²) in [6.45, 7) is 5.34. The number of amides is 1. The molecule has 5 heteroatoms. The summed E-state index contributed by atoms with van der Waals surface area (Å²) >= 11 is 0. The van der Waals surface area contributed by atoms with Crippen molar-refractivity contribution in [2.75, 3.05) is 7.05 Å². The Balaban J connectivity index is 2.81. The lowest BCUT2D eigenvalue weighted by Crippen LogP contribution is -2.15. The average molecular weight is 210 g/mol. The maximum atomic E-state index is 10.7. The van der Waals surface area contributed by atoms with Gasteiger partial charge in [0.05, 0.1) is 5.69 Å². The zero-order valence-electron chi connectivity index (χ0n) is 9.50. The first-order valence-corrected chi connectivity index (χ1v) is 5.02. The van der Waals surface area contributed by atoms with Gasteiger partial charge in [0.15, 0.2) is 0 Å². The SMILES string of the molecule is CNCc1c(C)nn(CCC(N)=O)c1C. The molecule has 0 fully saturated rings. The fourth-order valence-electron chi connectivity index (χ4n) is 1.60. The van der Waals surface area contributed by atoms with E-state index < -0.39 is 0 Å². The largest absolute Gasteiger partial charge is 0.370 e. The van der Waals surface area contributed by atoms with Crippen molar-refractivity contribution in [1.29, 1.82) is 0 Å². The smallest absolute Gasteiger partial charge is 0.219 e. The molecule has 1 amide bonds. The van der Waals surface area contributed by atoms with E-state index in [2.05, 4.69) is 10.4 Å². The highest BCUT2D eigenvalue weighted by Gasteiger charge is 2.10. The highest BCUT2D eigenvalue weighted by Crippen LogP contribution is 2.12. The van der Waals surface area contributed by atoms with Crippen molar-refractivity contribution in [3.63, 3.8) is 0 Å². The molecule has 0 unspecified atom stereocenters. The summed E-state index contributed by atoms with van der Waals surface area (Å²) in [5, 5.41) is 7.47. The predicted octanol–water partition coefficient (Wildman–Crippen LogP) is 0.0947. The topological polar surface area (TPSA) is 72.9 Å². The molecule has 1 aromatic rings. The Labute approximate surface area is 89.6 Å². The quantitative estimate of drug-likeness (QED) is 0.723. The molecule has 0 spiro atoms. The fourth-order valence-corrected chi connectivity index (χ4v) is 1.60. The van der Waals surface area contributed by atoms with Gasteiger partial charge in [-0.25, -0.2) is 0 Å². The van der Waals surface area contributed by atoms with Crippen LogP contribution in [0, 0.1) is 13.8 Å². The molecule has 0 aromatic carbocycles. The number of rotatable bonds is 5. The Hall–Kier alpha value is -1.36. The molecule has 15 heavy (non-hydrogen) atoms. The average Bonchev–Trinajstić information content (AvgIpc) is 2.43. The zero-order valence-corrected chi connectivity index (χ0v) is 9.50. The highest BCUT2D eigenvalue weighted by atomic mass is 16.1. The second kappa shape index (κ2) is 4.93. The summed E-state index contributed by atoms with van der Waals surface area (Å²) in [6, 6.07) is 0. The summed E-state index contributed by atoms with van der Waals surface area (Å²) in [5.41, 5.74) is 8.40. The molecule has 5 nitrogen and oxygen atoms in total. The first kappa shape index (κ1) is 11.7. The number of primary amides is 1. The Morgan fingerprint density at radius 2 is 2.20 bits per heavy atom. The van der Waals surface area contributed by atoms with Gasteiger partial charge in [-0.05, 0) is 20.9 Å². The van der Waals surface area contributed by atoms with Crippen LogP contribution in [0.2, 0.25) is 0 Å². The van der Waals surface area contributed by atoms with Crippen molar-refractivity contribution >= 4 is 5.91 Å². The summed E-state index contributed by atoms with van der Waals surface area (Å²) < 4.78 is 1.84. The van der Waals surface area contributed by atoms with Gasteiger partial charge in [-0.15, -0.1) is 0 Å². The summed E-state index contributed by atoms with van der Waals surface area (Å²) in [6.07, 6.45) is 0.334. The Morgan fingerprint density at radius 3 is 2.73 bits per heavy atom. The number of hydrogen-bond acceptors (Lipinski definition) is 3. The van der Waals surface area contributed by atoms with Crippen LogP contribution in [0.4, 0.5) is 0 Å². The van der Waals surface area contributed by atoms with Crippen LogP contribution in [0.5, 0.6) is 0 Å². The van der Waals surface area contributed by atoms with E-state index in [0.29, 0.717) is 13.0 Å². The molecule has 1 rings (SSSR count). The van der Waals surface area contributed by atoms with Crippen molar-refractivity contribution in [2.24, 2.45) is 5.73 Å². The molecule has 1 heterocycles. The van der Waals surface area contributed by atoms with Gasteiger partial charge in [-0.3, -0.25) is 9.48 Å². The Morgan fingerprint density at radius 1 is 1.53 bits per heavy atom. The Kier molecular flexibility index (Phi) is 3.85. The number of hydrogen-bond donors (Lipinski definition) is 2. The monoisotopic (exact) mass is 210 g/mol. The number of nitrogens with two attached hydrogens (primary N) is 1. The minimum absolute atomic E-state index is 0.294. The number of carbonyl (C=O) groups is 1. The molecule has 84 valence electrons. The van der Waals surface area contributed by atoms with Crippen LogP contribution in [0.3, 0.4) is 0 Å². The van der Waals surface area contributed by atoms with E-state index in [-0.39, 0.29) is 5.91 Å². The van der Waals surface area contributed by atoms with Gasteiger partial charge in [0.25, 0.3) is 0 Å². The van der Waals surface area contributed by atoms with Crippen molar-refractivity contribution < 1.29 is 4.79 Å². The summed E-state index contributed by atoms with van der Waals surface area (Å²) in [5.74, 6) is -0.294. The number of carbonyl (C=O) groups excluding carboxylic acids is 1. The van der Waals surface area contributed by atoms with E-state index >= 15 is 0 Å². The van der Waals surface area contributed by atoms with Crippen molar-refractivity contribution in [1.82, 2.24) is 15.1 Å². The van der Waals surface area contributed by atoms with E-state index in [1.807, 2.05) is 25.6 Å². The molecule has 0 saturated carbocycles. The lowest BCUT2D eigenvalue weighted by Gasteiger charge is -2.03. The normalized spacial score (nSPS) is 10.6. The minimum atomic E-state index is -0.294. The van der Waals surface area contributed by atoms with Crippen LogP contribution in [-0.2, 0) is 17.9 Å². The lowest BCUT2D eigenvalue weighted by molar-refractivity contribution is -0.118. The van der Waals surface area contributed by atoms with Crippen LogP contribution >= 0.6 is 0 Å². The van der Waals surface area contributed by atoms with Crippen LogP contribution in [-0.4, -0.2) is 22.7 Å². The first-order valence-electron chi connectivity index (χ1n) is 5.02. The second-order valence-electron chi connectivity index (χ2n) is 3.62. The second-order valence-corrected chi connectivity index (χ2v) is 3.62. The molecule has 0 atom stereocenters. The maximum absolute atomic E-state index is 10.7. The van der Waals surface area contributed by atoms with Crippen LogP contribution in [0.25, 0.3) is 0 Å². The van der Waals surface area contributed by atoms with Crippen LogP contribution in [0.15, 0.2) is 0 Å². The molecule has 0 aliphatic heterocycles. The Bertz CT molecular complexity index is 357. The minimum Gasteiger partial charge on any atom is -0.370 e. The first-order chi connectivity index (χ1) is 7.06. The lowest BCUT2D eigenvalue weighted by atomic mass is 10.2. The van der Waals surface area contributed by atoms with E-state index in [1.165, 1.54) is 5.56 Å². The van der Waals surface area contributed by atoms with Crippen LogP contribution < -0.4 is 11.1 Å². The van der Waals surface area contributed by atoms with E-state index in [9.17, 15) is 4.79 Å². The van der Waals surface area contributed by atoms with Crippen molar-refractivity contribution in [3.8, 4) is 0 Å². The highest BCUT2D eigenvalue weighted by molar-refractivity contribution is 5.73. The molecule has 0 aliphatic carbocycles. The molecule has 0 aliphatic rings. The third-order valence-corrected chi connectivity index (χ3v) is 2.45. The fraction of sp³-hybridized carbons (Fsp3) is 0.600. The molecular weight excluding hydrogens is 192 g/mol. The van der Waals surface area contributed by atoms with Gasteiger partial charge < -0.3 is 11.1 Å². The molecule has 1 aromatic heterocycles.